The maximum Gasteiger partial charge on any atom is 0.0546 e. The molecule has 0 saturated heterocycles. The molecular formula is C30H20BrN. The van der Waals surface area contributed by atoms with Crippen LogP contribution in [0.5, 0.6) is 0 Å². The fourth-order valence-corrected chi connectivity index (χ4v) is 4.93. The van der Waals surface area contributed by atoms with E-state index in [-0.39, 0.29) is 0 Å². The first-order chi connectivity index (χ1) is 15.7. The van der Waals surface area contributed by atoms with Gasteiger partial charge in [-0.3, -0.25) is 0 Å². The molecule has 1 nitrogen and oxygen atoms in total. The number of anilines is 3. The molecule has 0 fully saturated rings. The van der Waals surface area contributed by atoms with Gasteiger partial charge in [0.1, 0.15) is 0 Å². The zero-order valence-electron chi connectivity index (χ0n) is 17.4. The largest absolute Gasteiger partial charge is 0.309 e. The minimum absolute atomic E-state index is 1.09. The zero-order valence-corrected chi connectivity index (χ0v) is 19.0. The first-order valence-electron chi connectivity index (χ1n) is 10.7. The van der Waals surface area contributed by atoms with Gasteiger partial charge in [0.15, 0.2) is 0 Å². The summed E-state index contributed by atoms with van der Waals surface area (Å²) in [4.78, 5) is 2.38. The van der Waals surface area contributed by atoms with Crippen molar-refractivity contribution in [1.29, 1.82) is 0 Å². The van der Waals surface area contributed by atoms with E-state index in [4.69, 9.17) is 0 Å². The summed E-state index contributed by atoms with van der Waals surface area (Å²) < 4.78 is 1.09. The second-order valence-corrected chi connectivity index (χ2v) is 8.97. The number of rotatable bonds is 3. The predicted molar refractivity (Wildman–Crippen MR) is 141 cm³/mol. The summed E-state index contributed by atoms with van der Waals surface area (Å²) in [6, 6.07) is 37.1. The molecule has 1 aliphatic heterocycles. The average Bonchev–Trinajstić information content (AvgIpc) is 2.85. The monoisotopic (exact) mass is 473 g/mol. The van der Waals surface area contributed by atoms with Crippen LogP contribution in [0.2, 0.25) is 0 Å². The first kappa shape index (κ1) is 19.1. The Labute approximate surface area is 196 Å². The molecule has 0 atom stereocenters. The van der Waals surface area contributed by atoms with Crippen LogP contribution in [0.15, 0.2) is 114 Å². The molecule has 0 saturated carbocycles. The van der Waals surface area contributed by atoms with Crippen LogP contribution in [-0.2, 0) is 0 Å². The number of halogens is 1. The van der Waals surface area contributed by atoms with E-state index in [0.717, 1.165) is 15.7 Å². The third-order valence-electron chi connectivity index (χ3n) is 6.22. The van der Waals surface area contributed by atoms with Crippen LogP contribution in [0.4, 0.5) is 17.1 Å². The summed E-state index contributed by atoms with van der Waals surface area (Å²) >= 11 is 3.55. The van der Waals surface area contributed by atoms with Crippen molar-refractivity contribution in [2.45, 2.75) is 0 Å². The SMILES string of the molecule is C=Cc1ccc(N2c3ccc(-c4ccc(Br)cc4)cc3-c3cccc4cccc2c34)cc1. The van der Waals surface area contributed by atoms with Crippen LogP contribution in [0.25, 0.3) is 39.1 Å². The van der Waals surface area contributed by atoms with Gasteiger partial charge in [-0.2, -0.15) is 0 Å². The quantitative estimate of drug-likeness (QED) is 0.247. The molecule has 1 heterocycles. The Bertz CT molecular complexity index is 1480. The van der Waals surface area contributed by atoms with Gasteiger partial charge in [-0.05, 0) is 70.1 Å². The van der Waals surface area contributed by atoms with Gasteiger partial charge < -0.3 is 4.90 Å². The molecule has 0 radical (unpaired) electrons. The lowest BCUT2D eigenvalue weighted by atomic mass is 9.89. The van der Waals surface area contributed by atoms with Crippen molar-refractivity contribution < 1.29 is 0 Å². The number of benzene rings is 5. The summed E-state index contributed by atoms with van der Waals surface area (Å²) in [5.41, 5.74) is 9.65. The van der Waals surface area contributed by atoms with E-state index < -0.39 is 0 Å². The number of nitrogens with zero attached hydrogens (tertiary/aromatic N) is 1. The third-order valence-corrected chi connectivity index (χ3v) is 6.74. The van der Waals surface area contributed by atoms with Crippen molar-refractivity contribution in [3.8, 4) is 22.3 Å². The Balaban J connectivity index is 1.63. The second-order valence-electron chi connectivity index (χ2n) is 8.05. The molecule has 6 rings (SSSR count). The highest BCUT2D eigenvalue weighted by atomic mass is 79.9. The Morgan fingerprint density at radius 1 is 0.656 bits per heavy atom. The molecule has 0 spiro atoms. The number of hydrogen-bond donors (Lipinski definition) is 0. The molecule has 0 N–H and O–H groups in total. The van der Waals surface area contributed by atoms with E-state index >= 15 is 0 Å². The number of hydrogen-bond acceptors (Lipinski definition) is 1. The molecule has 32 heavy (non-hydrogen) atoms. The molecule has 2 heteroatoms. The molecule has 0 aliphatic carbocycles. The van der Waals surface area contributed by atoms with Gasteiger partial charge in [0.2, 0.25) is 0 Å². The molecular weight excluding hydrogens is 454 g/mol. The van der Waals surface area contributed by atoms with Crippen molar-refractivity contribution in [2.75, 3.05) is 4.90 Å². The van der Waals surface area contributed by atoms with Crippen LogP contribution in [0, 0.1) is 0 Å². The summed E-state index contributed by atoms with van der Waals surface area (Å²) in [7, 11) is 0. The highest BCUT2D eigenvalue weighted by Crippen LogP contribution is 2.51. The van der Waals surface area contributed by atoms with Crippen LogP contribution < -0.4 is 4.90 Å². The Morgan fingerprint density at radius 2 is 1.38 bits per heavy atom. The van der Waals surface area contributed by atoms with Crippen LogP contribution in [0.1, 0.15) is 5.56 Å². The van der Waals surface area contributed by atoms with Gasteiger partial charge >= 0.3 is 0 Å². The highest BCUT2D eigenvalue weighted by molar-refractivity contribution is 9.10. The van der Waals surface area contributed by atoms with E-state index in [9.17, 15) is 0 Å². The minimum Gasteiger partial charge on any atom is -0.309 e. The predicted octanol–water partition coefficient (Wildman–Crippen LogP) is 9.36. The minimum atomic E-state index is 1.09. The Hall–Kier alpha value is -3.62. The van der Waals surface area contributed by atoms with E-state index in [1.165, 1.54) is 44.4 Å². The van der Waals surface area contributed by atoms with Crippen molar-refractivity contribution in [3.63, 3.8) is 0 Å². The van der Waals surface area contributed by atoms with E-state index in [1.807, 2.05) is 6.08 Å². The van der Waals surface area contributed by atoms with Crippen LogP contribution in [0.3, 0.4) is 0 Å². The fraction of sp³-hybridized carbons (Fsp3) is 0. The molecule has 5 aromatic carbocycles. The smallest absolute Gasteiger partial charge is 0.0546 e. The summed E-state index contributed by atoms with van der Waals surface area (Å²) in [6.07, 6.45) is 1.88. The lowest BCUT2D eigenvalue weighted by Crippen LogP contribution is -2.15. The highest BCUT2D eigenvalue weighted by Gasteiger charge is 2.26. The topological polar surface area (TPSA) is 3.24 Å². The molecule has 5 aromatic rings. The maximum atomic E-state index is 3.90. The van der Waals surface area contributed by atoms with E-state index in [0.29, 0.717) is 0 Å². The fourth-order valence-electron chi connectivity index (χ4n) is 4.67. The van der Waals surface area contributed by atoms with Crippen molar-refractivity contribution in [2.24, 2.45) is 0 Å². The van der Waals surface area contributed by atoms with Gasteiger partial charge in [0.25, 0.3) is 0 Å². The Morgan fingerprint density at radius 3 is 2.12 bits per heavy atom. The molecule has 0 amide bonds. The lowest BCUT2D eigenvalue weighted by molar-refractivity contribution is 1.28. The van der Waals surface area contributed by atoms with E-state index in [2.05, 4.69) is 131 Å². The van der Waals surface area contributed by atoms with E-state index in [1.54, 1.807) is 0 Å². The lowest BCUT2D eigenvalue weighted by Gasteiger charge is -2.34. The summed E-state index contributed by atoms with van der Waals surface area (Å²) in [5.74, 6) is 0. The molecule has 1 aliphatic rings. The summed E-state index contributed by atoms with van der Waals surface area (Å²) in [5, 5.41) is 2.55. The Kier molecular flexibility index (Phi) is 4.48. The van der Waals surface area contributed by atoms with Crippen molar-refractivity contribution in [1.82, 2.24) is 0 Å². The van der Waals surface area contributed by atoms with Crippen molar-refractivity contribution >= 4 is 49.8 Å². The van der Waals surface area contributed by atoms with Gasteiger partial charge in [-0.25, -0.2) is 0 Å². The van der Waals surface area contributed by atoms with Gasteiger partial charge in [-0.15, -0.1) is 0 Å². The van der Waals surface area contributed by atoms with Gasteiger partial charge in [-0.1, -0.05) is 89.2 Å². The number of fused-ring (bicyclic) bond motifs is 2. The first-order valence-corrected chi connectivity index (χ1v) is 11.5. The normalized spacial score (nSPS) is 12.0. The third kappa shape index (κ3) is 2.99. The van der Waals surface area contributed by atoms with Crippen LogP contribution >= 0.6 is 15.9 Å². The second kappa shape index (κ2) is 7.51. The summed E-state index contributed by atoms with van der Waals surface area (Å²) in [6.45, 7) is 3.90. The molecule has 0 bridgehead atoms. The van der Waals surface area contributed by atoms with Crippen molar-refractivity contribution in [3.05, 3.63) is 120 Å². The van der Waals surface area contributed by atoms with Gasteiger partial charge in [0, 0.05) is 21.1 Å². The standard InChI is InChI=1S/C30H20BrN/c1-2-20-9-16-25(17-10-20)32-28-18-13-23(21-11-14-24(31)15-12-21)19-27(28)26-7-3-5-22-6-4-8-29(32)30(22)26/h2-19H,1H2. The zero-order chi connectivity index (χ0) is 21.7. The molecule has 0 unspecified atom stereocenters. The maximum absolute atomic E-state index is 3.90. The van der Waals surface area contributed by atoms with Crippen LogP contribution in [-0.4, -0.2) is 0 Å². The molecule has 152 valence electrons. The molecule has 0 aromatic heterocycles. The van der Waals surface area contributed by atoms with Gasteiger partial charge in [0.05, 0.1) is 11.4 Å². The average molecular weight is 474 g/mol.